The summed E-state index contributed by atoms with van der Waals surface area (Å²) < 4.78 is 42.5. The van der Waals surface area contributed by atoms with Crippen LogP contribution < -0.4 is 5.32 Å². The van der Waals surface area contributed by atoms with Gasteiger partial charge in [-0.3, -0.25) is 4.79 Å². The third-order valence-electron chi connectivity index (χ3n) is 3.72. The number of rotatable bonds is 5. The summed E-state index contributed by atoms with van der Waals surface area (Å²) in [5, 5.41) is 2.62. The highest BCUT2D eigenvalue weighted by Gasteiger charge is 2.34. The Morgan fingerprint density at radius 1 is 1.32 bits per heavy atom. The smallest absolute Gasteiger partial charge is 0.254 e. The van der Waals surface area contributed by atoms with Gasteiger partial charge in [-0.2, -0.15) is 0 Å². The Morgan fingerprint density at radius 2 is 2.09 bits per heavy atom. The van der Waals surface area contributed by atoms with E-state index in [9.17, 15) is 13.6 Å². The lowest BCUT2D eigenvalue weighted by Gasteiger charge is -2.36. The van der Waals surface area contributed by atoms with Gasteiger partial charge in [0.1, 0.15) is 17.7 Å². The van der Waals surface area contributed by atoms with Gasteiger partial charge in [0.05, 0.1) is 24.9 Å². The number of nitrogens with one attached hydrogen (secondary N) is 1. The molecule has 0 spiro atoms. The number of hydrogen-bond donors (Lipinski definition) is 1. The second-order valence-electron chi connectivity index (χ2n) is 5.11. The average molecular weight is 315 g/mol. The summed E-state index contributed by atoms with van der Waals surface area (Å²) in [6, 6.07) is 2.83. The molecular formula is C15H19F2NO4. The number of methoxy groups -OCH3 is 2. The van der Waals surface area contributed by atoms with Crippen molar-refractivity contribution in [2.45, 2.75) is 12.2 Å². The largest absolute Gasteiger partial charge is 0.378 e. The van der Waals surface area contributed by atoms with Gasteiger partial charge in [0, 0.05) is 32.7 Å². The Kier molecular flexibility index (Phi) is 5.82. The molecule has 7 heteroatoms. The van der Waals surface area contributed by atoms with Gasteiger partial charge in [-0.25, -0.2) is 8.78 Å². The van der Waals surface area contributed by atoms with Crippen molar-refractivity contribution in [3.63, 3.8) is 0 Å². The predicted molar refractivity (Wildman–Crippen MR) is 74.6 cm³/mol. The van der Waals surface area contributed by atoms with E-state index in [0.717, 1.165) is 12.1 Å². The van der Waals surface area contributed by atoms with Crippen molar-refractivity contribution in [1.82, 2.24) is 5.32 Å². The zero-order valence-electron chi connectivity index (χ0n) is 12.5. The topological polar surface area (TPSA) is 56.8 Å². The first-order valence-corrected chi connectivity index (χ1v) is 6.93. The summed E-state index contributed by atoms with van der Waals surface area (Å²) in [5.74, 6) is -2.34. The number of hydrogen-bond acceptors (Lipinski definition) is 4. The van der Waals surface area contributed by atoms with Crippen LogP contribution >= 0.6 is 0 Å². The minimum absolute atomic E-state index is 0.115. The van der Waals surface area contributed by atoms with Crippen molar-refractivity contribution in [3.8, 4) is 0 Å². The van der Waals surface area contributed by atoms with E-state index in [0.29, 0.717) is 19.3 Å². The zero-order chi connectivity index (χ0) is 16.1. The molecule has 0 unspecified atom stereocenters. The maximum atomic E-state index is 13.6. The number of benzene rings is 1. The Balaban J connectivity index is 1.97. The van der Waals surface area contributed by atoms with Gasteiger partial charge in [-0.15, -0.1) is 0 Å². The zero-order valence-corrected chi connectivity index (χ0v) is 12.5. The molecule has 1 N–H and O–H groups in total. The van der Waals surface area contributed by atoms with Crippen molar-refractivity contribution in [3.05, 3.63) is 35.4 Å². The molecule has 2 rings (SSSR count). The van der Waals surface area contributed by atoms with Crippen LogP contribution in [0.3, 0.4) is 0 Å². The molecule has 1 aromatic carbocycles. The van der Waals surface area contributed by atoms with Gasteiger partial charge in [0.25, 0.3) is 5.91 Å². The molecule has 0 aromatic heterocycles. The molecule has 5 nitrogen and oxygen atoms in total. The quantitative estimate of drug-likeness (QED) is 0.892. The first kappa shape index (κ1) is 16.8. The van der Waals surface area contributed by atoms with Crippen LogP contribution in [-0.2, 0) is 14.2 Å². The fourth-order valence-electron chi connectivity index (χ4n) is 2.54. The van der Waals surface area contributed by atoms with E-state index in [4.69, 9.17) is 14.2 Å². The van der Waals surface area contributed by atoms with Crippen LogP contribution in [0.25, 0.3) is 0 Å². The minimum atomic E-state index is -0.893. The average Bonchev–Trinajstić information content (AvgIpc) is 2.51. The van der Waals surface area contributed by atoms with Gasteiger partial charge in [0.2, 0.25) is 0 Å². The highest BCUT2D eigenvalue weighted by Crippen LogP contribution is 2.20. The molecule has 0 radical (unpaired) electrons. The van der Waals surface area contributed by atoms with Gasteiger partial charge >= 0.3 is 0 Å². The second-order valence-corrected chi connectivity index (χ2v) is 5.11. The van der Waals surface area contributed by atoms with Crippen LogP contribution in [0.2, 0.25) is 0 Å². The van der Waals surface area contributed by atoms with Crippen molar-refractivity contribution in [2.24, 2.45) is 5.92 Å². The predicted octanol–water partition coefficient (Wildman–Crippen LogP) is 1.37. The Morgan fingerprint density at radius 3 is 2.73 bits per heavy atom. The van der Waals surface area contributed by atoms with Crippen molar-refractivity contribution in [2.75, 3.05) is 34.0 Å². The van der Waals surface area contributed by atoms with E-state index in [1.165, 1.54) is 0 Å². The molecule has 1 aliphatic rings. The number of halogens is 2. The summed E-state index contributed by atoms with van der Waals surface area (Å²) in [6.45, 7) is 1.07. The molecule has 1 heterocycles. The van der Waals surface area contributed by atoms with Crippen LogP contribution in [0, 0.1) is 17.6 Å². The first-order valence-electron chi connectivity index (χ1n) is 6.93. The molecule has 1 aliphatic heterocycles. The minimum Gasteiger partial charge on any atom is -0.378 e. The normalized spacial score (nSPS) is 25.0. The van der Waals surface area contributed by atoms with Gasteiger partial charge in [-0.05, 0) is 12.1 Å². The molecule has 1 aromatic rings. The molecule has 1 saturated heterocycles. The fraction of sp³-hybridized carbons (Fsp3) is 0.533. The van der Waals surface area contributed by atoms with E-state index in [1.54, 1.807) is 14.2 Å². The van der Waals surface area contributed by atoms with Gasteiger partial charge < -0.3 is 19.5 Å². The third-order valence-corrected chi connectivity index (χ3v) is 3.72. The van der Waals surface area contributed by atoms with Crippen LogP contribution in [0.15, 0.2) is 18.2 Å². The Labute approximate surface area is 127 Å². The van der Waals surface area contributed by atoms with Crippen molar-refractivity contribution in [1.29, 1.82) is 0 Å². The highest BCUT2D eigenvalue weighted by molar-refractivity contribution is 5.94. The molecule has 122 valence electrons. The summed E-state index contributed by atoms with van der Waals surface area (Å²) in [5.41, 5.74) is -0.199. The van der Waals surface area contributed by atoms with E-state index >= 15 is 0 Å². The number of amides is 1. The molecule has 0 saturated carbocycles. The van der Waals surface area contributed by atoms with E-state index in [-0.39, 0.29) is 30.2 Å². The van der Waals surface area contributed by atoms with E-state index in [2.05, 4.69) is 5.32 Å². The van der Waals surface area contributed by atoms with E-state index in [1.807, 2.05) is 0 Å². The maximum absolute atomic E-state index is 13.6. The molecule has 22 heavy (non-hydrogen) atoms. The third kappa shape index (κ3) is 3.79. The Hall–Kier alpha value is -1.57. The summed E-state index contributed by atoms with van der Waals surface area (Å²) in [4.78, 5) is 12.0. The van der Waals surface area contributed by atoms with E-state index < -0.39 is 17.5 Å². The molecule has 0 bridgehead atoms. The van der Waals surface area contributed by atoms with Crippen molar-refractivity contribution >= 4 is 5.91 Å². The first-order chi connectivity index (χ1) is 10.6. The lowest BCUT2D eigenvalue weighted by molar-refractivity contribution is -0.145. The highest BCUT2D eigenvalue weighted by atomic mass is 19.1. The molecule has 1 fully saturated rings. The standard InChI is InChI=1S/C15H19F2NO4/c1-20-13-8-22-7-9(14(13)21-2)6-18-15(19)11-4-3-10(16)5-12(11)17/h3-5,9,13-14H,6-8H2,1-2H3,(H,18,19)/t9-,13-,14+/m1/s1. The summed E-state index contributed by atoms with van der Waals surface area (Å²) in [7, 11) is 3.13. The molecule has 3 atom stereocenters. The monoisotopic (exact) mass is 315 g/mol. The maximum Gasteiger partial charge on any atom is 0.254 e. The van der Waals surface area contributed by atoms with Crippen LogP contribution in [0.1, 0.15) is 10.4 Å². The Bertz CT molecular complexity index is 526. The van der Waals surface area contributed by atoms with Gasteiger partial charge in [0.15, 0.2) is 0 Å². The number of ether oxygens (including phenoxy) is 3. The van der Waals surface area contributed by atoms with Crippen LogP contribution in [0.4, 0.5) is 8.78 Å². The molecule has 0 aliphatic carbocycles. The second kappa shape index (κ2) is 7.62. The van der Waals surface area contributed by atoms with Crippen LogP contribution in [0.5, 0.6) is 0 Å². The van der Waals surface area contributed by atoms with Crippen molar-refractivity contribution < 1.29 is 27.8 Å². The fourth-order valence-corrected chi connectivity index (χ4v) is 2.54. The summed E-state index contributed by atoms with van der Waals surface area (Å²) >= 11 is 0. The van der Waals surface area contributed by atoms with Gasteiger partial charge in [-0.1, -0.05) is 0 Å². The molecule has 1 amide bonds. The molecular weight excluding hydrogens is 296 g/mol. The SMILES string of the molecule is CO[C@H]1[C@H](CNC(=O)c2ccc(F)cc2F)COC[C@H]1OC. The number of carbonyl (C=O) groups is 1. The van der Waals surface area contributed by atoms with Crippen LogP contribution in [-0.4, -0.2) is 52.1 Å². The number of carbonyl (C=O) groups excluding carboxylic acids is 1. The lowest BCUT2D eigenvalue weighted by atomic mass is 9.96. The summed E-state index contributed by atoms with van der Waals surface area (Å²) in [6.07, 6.45) is -0.444. The lowest BCUT2D eigenvalue weighted by Crippen LogP contribution is -2.50.